The lowest BCUT2D eigenvalue weighted by Gasteiger charge is -2.38. The van der Waals surface area contributed by atoms with E-state index in [0.29, 0.717) is 24.0 Å². The molecule has 0 radical (unpaired) electrons. The third-order valence-electron chi connectivity index (χ3n) is 8.40. The van der Waals surface area contributed by atoms with E-state index in [1.165, 1.54) is 37.8 Å². The zero-order valence-corrected chi connectivity index (χ0v) is 25.8. The summed E-state index contributed by atoms with van der Waals surface area (Å²) in [6.07, 6.45) is 4.48. The van der Waals surface area contributed by atoms with Crippen molar-refractivity contribution in [1.29, 1.82) is 0 Å². The molecule has 1 aliphatic carbocycles. The number of hydrogen-bond donors (Lipinski definition) is 3. The Morgan fingerprint density at radius 1 is 0.837 bits per heavy atom. The molecule has 1 unspecified atom stereocenters. The fraction of sp³-hybridized carbons (Fsp3) is 0.387. The minimum Gasteiger partial charge on any atom is -0.478 e. The number of nitrogens with zero attached hydrogens (tertiary/aromatic N) is 2. The van der Waals surface area contributed by atoms with Gasteiger partial charge in [0.25, 0.3) is 0 Å². The van der Waals surface area contributed by atoms with Gasteiger partial charge in [-0.2, -0.15) is 0 Å². The summed E-state index contributed by atoms with van der Waals surface area (Å²) in [6.45, 7) is 2.53. The fourth-order valence-electron chi connectivity index (χ4n) is 6.30. The Balaban J connectivity index is 1.52. The van der Waals surface area contributed by atoms with Crippen LogP contribution in [0.1, 0.15) is 43.6 Å². The van der Waals surface area contributed by atoms with Crippen LogP contribution in [-0.4, -0.2) is 80.0 Å². The van der Waals surface area contributed by atoms with Gasteiger partial charge < -0.3 is 20.4 Å². The normalized spacial score (nSPS) is 20.7. The Morgan fingerprint density at radius 2 is 1.42 bits per heavy atom. The van der Waals surface area contributed by atoms with Crippen molar-refractivity contribution in [1.82, 2.24) is 15.1 Å². The van der Waals surface area contributed by atoms with E-state index < -0.39 is 28.7 Å². The van der Waals surface area contributed by atoms with E-state index in [-0.39, 0.29) is 56.2 Å². The second kappa shape index (κ2) is 13.6. The molecule has 5 rings (SSSR count). The summed E-state index contributed by atoms with van der Waals surface area (Å²) < 4.78 is 13.4. The molecule has 0 bridgehead atoms. The van der Waals surface area contributed by atoms with Gasteiger partial charge in [-0.05, 0) is 37.1 Å². The molecule has 2 atom stereocenters. The molecule has 3 N–H and O–H groups in total. The number of carbonyl (C=O) groups excluding carboxylic acids is 1. The summed E-state index contributed by atoms with van der Waals surface area (Å²) in [5.74, 6) is -4.78. The van der Waals surface area contributed by atoms with Gasteiger partial charge >= 0.3 is 11.9 Å². The molecule has 3 aliphatic rings. The van der Waals surface area contributed by atoms with Crippen LogP contribution in [0, 0.1) is 0 Å². The summed E-state index contributed by atoms with van der Waals surface area (Å²) in [5.41, 5.74) is -0.505. The quantitative estimate of drug-likeness (QED) is 0.360. The fourth-order valence-corrected chi connectivity index (χ4v) is 8.03. The third-order valence-corrected chi connectivity index (χ3v) is 10.4. The molecule has 2 aliphatic heterocycles. The molecule has 43 heavy (non-hydrogen) atoms. The first-order valence-electron chi connectivity index (χ1n) is 14.2. The molecule has 0 aromatic heterocycles. The highest BCUT2D eigenvalue weighted by atomic mass is 35.5. The SMILES string of the molecule is O=C(O)C1=C(CC(=O)N2CCN(C3CCCC3)CC2)NC(C[S@](=O)c2ccccc2)=C(C(=O)O)C1c1c(Cl)cccc1Cl. The van der Waals surface area contributed by atoms with Crippen molar-refractivity contribution >= 4 is 51.8 Å². The Kier molecular flexibility index (Phi) is 9.91. The molecule has 228 valence electrons. The monoisotopic (exact) mass is 645 g/mol. The van der Waals surface area contributed by atoms with Gasteiger partial charge in [0.15, 0.2) is 0 Å². The number of dihydropyridines is 1. The smallest absolute Gasteiger partial charge is 0.334 e. The van der Waals surface area contributed by atoms with Gasteiger partial charge in [0.05, 0.1) is 40.0 Å². The maximum Gasteiger partial charge on any atom is 0.334 e. The molecule has 12 heteroatoms. The van der Waals surface area contributed by atoms with Gasteiger partial charge in [0.2, 0.25) is 5.91 Å². The van der Waals surface area contributed by atoms with Gasteiger partial charge in [-0.25, -0.2) is 9.59 Å². The van der Waals surface area contributed by atoms with E-state index >= 15 is 0 Å². The Bertz CT molecular complexity index is 1480. The van der Waals surface area contributed by atoms with Crippen molar-refractivity contribution < 1.29 is 28.8 Å². The molecular weight excluding hydrogens is 613 g/mol. The van der Waals surface area contributed by atoms with Crippen LogP contribution in [0.5, 0.6) is 0 Å². The first-order valence-corrected chi connectivity index (χ1v) is 16.3. The van der Waals surface area contributed by atoms with E-state index in [2.05, 4.69) is 10.2 Å². The van der Waals surface area contributed by atoms with Crippen LogP contribution in [0.3, 0.4) is 0 Å². The Labute approximate surface area is 262 Å². The van der Waals surface area contributed by atoms with Crippen LogP contribution < -0.4 is 5.32 Å². The first kappa shape index (κ1) is 31.3. The van der Waals surface area contributed by atoms with Crippen molar-refractivity contribution in [2.75, 3.05) is 31.9 Å². The second-order valence-electron chi connectivity index (χ2n) is 10.9. The van der Waals surface area contributed by atoms with Crippen LogP contribution in [-0.2, 0) is 25.2 Å². The van der Waals surface area contributed by atoms with Crippen molar-refractivity contribution in [2.45, 2.75) is 49.0 Å². The molecule has 0 spiro atoms. The predicted molar refractivity (Wildman–Crippen MR) is 164 cm³/mol. The second-order valence-corrected chi connectivity index (χ2v) is 13.2. The predicted octanol–water partition coefficient (Wildman–Crippen LogP) is 4.64. The lowest BCUT2D eigenvalue weighted by Crippen LogP contribution is -2.51. The van der Waals surface area contributed by atoms with Crippen LogP contribution in [0.2, 0.25) is 10.0 Å². The highest BCUT2D eigenvalue weighted by molar-refractivity contribution is 7.85. The third kappa shape index (κ3) is 6.82. The van der Waals surface area contributed by atoms with Crippen molar-refractivity contribution in [3.63, 3.8) is 0 Å². The van der Waals surface area contributed by atoms with Gasteiger partial charge in [-0.3, -0.25) is 13.9 Å². The number of benzene rings is 2. The molecular formula is C31H33Cl2N3O6S. The maximum absolute atomic E-state index is 13.6. The molecule has 2 aromatic carbocycles. The molecule has 9 nitrogen and oxygen atoms in total. The lowest BCUT2D eigenvalue weighted by atomic mass is 9.79. The molecule has 2 fully saturated rings. The topological polar surface area (TPSA) is 127 Å². The first-order chi connectivity index (χ1) is 20.7. The number of carbonyl (C=O) groups is 3. The maximum atomic E-state index is 13.6. The average molecular weight is 647 g/mol. The standard InChI is InChI=1S/C31H33Cl2N3O6S/c32-21-11-6-12-22(33)26(21)29-27(30(38)39)23(17-25(37)36-15-13-35(14-16-36)19-7-4-5-8-19)34-24(28(29)31(40)41)18-43(42)20-9-2-1-3-10-20/h1-3,6,9-12,19,29,34H,4-5,7-8,13-18H2,(H,38,39)(H,40,41)/t29?,43-/m0/s1. The van der Waals surface area contributed by atoms with Crippen LogP contribution >= 0.6 is 23.2 Å². The summed E-state index contributed by atoms with van der Waals surface area (Å²) in [6, 6.07) is 13.7. The zero-order valence-electron chi connectivity index (χ0n) is 23.4. The van der Waals surface area contributed by atoms with E-state index in [1.54, 1.807) is 41.3 Å². The zero-order chi connectivity index (χ0) is 30.7. The summed E-state index contributed by atoms with van der Waals surface area (Å²) in [5, 5.41) is 24.0. The van der Waals surface area contributed by atoms with Gasteiger partial charge in [-0.15, -0.1) is 0 Å². The number of piperazine rings is 1. The Hall–Kier alpha value is -3.18. The summed E-state index contributed by atoms with van der Waals surface area (Å²) >= 11 is 13.0. The number of halogens is 2. The highest BCUT2D eigenvalue weighted by Crippen LogP contribution is 2.45. The lowest BCUT2D eigenvalue weighted by molar-refractivity contribution is -0.133. The molecule has 1 saturated heterocycles. The van der Waals surface area contributed by atoms with Crippen LogP contribution in [0.4, 0.5) is 0 Å². The summed E-state index contributed by atoms with van der Waals surface area (Å²) in [7, 11) is -1.68. The minimum absolute atomic E-state index is 0.0294. The number of hydrogen-bond acceptors (Lipinski definition) is 6. The minimum atomic E-state index is -1.68. The van der Waals surface area contributed by atoms with Crippen molar-refractivity contribution in [2.24, 2.45) is 0 Å². The highest BCUT2D eigenvalue weighted by Gasteiger charge is 2.41. The largest absolute Gasteiger partial charge is 0.478 e. The van der Waals surface area contributed by atoms with Crippen LogP contribution in [0.15, 0.2) is 76.0 Å². The number of carboxylic acid groups (broad SMARTS) is 2. The van der Waals surface area contributed by atoms with E-state index in [1.807, 2.05) is 0 Å². The van der Waals surface area contributed by atoms with Gasteiger partial charge in [0, 0.05) is 64.1 Å². The van der Waals surface area contributed by atoms with E-state index in [4.69, 9.17) is 23.2 Å². The molecule has 2 aromatic rings. The van der Waals surface area contributed by atoms with Crippen molar-refractivity contribution in [3.05, 3.63) is 86.7 Å². The van der Waals surface area contributed by atoms with E-state index in [0.717, 1.165) is 13.1 Å². The summed E-state index contributed by atoms with van der Waals surface area (Å²) in [4.78, 5) is 43.9. The number of amides is 1. The number of nitrogens with one attached hydrogen (secondary N) is 1. The van der Waals surface area contributed by atoms with Crippen LogP contribution in [0.25, 0.3) is 0 Å². The average Bonchev–Trinajstić information content (AvgIpc) is 3.52. The molecule has 2 heterocycles. The Morgan fingerprint density at radius 3 is 2.00 bits per heavy atom. The number of carboxylic acids is 2. The number of rotatable bonds is 9. The number of aliphatic carboxylic acids is 2. The molecule has 1 saturated carbocycles. The van der Waals surface area contributed by atoms with Crippen molar-refractivity contribution in [3.8, 4) is 0 Å². The van der Waals surface area contributed by atoms with Gasteiger partial charge in [0.1, 0.15) is 0 Å². The molecule has 1 amide bonds. The van der Waals surface area contributed by atoms with Gasteiger partial charge in [-0.1, -0.05) is 60.3 Å². The van der Waals surface area contributed by atoms with E-state index in [9.17, 15) is 28.8 Å².